The number of carboxylic acid groups (broad SMARTS) is 1. The van der Waals surface area contributed by atoms with Gasteiger partial charge in [0.25, 0.3) is 5.91 Å². The first-order chi connectivity index (χ1) is 20.2. The fourth-order valence-corrected chi connectivity index (χ4v) is 4.02. The van der Waals surface area contributed by atoms with Crippen LogP contribution in [0.1, 0.15) is 60.3 Å². The molecular formula is C28H28F6N4O6. The molecule has 1 aromatic heterocycles. The van der Waals surface area contributed by atoms with E-state index in [1.807, 2.05) is 0 Å². The number of amides is 2. The minimum Gasteiger partial charge on any atom is -0.481 e. The van der Waals surface area contributed by atoms with E-state index in [1.54, 1.807) is 27.8 Å². The molecule has 0 bridgehead atoms. The Labute approximate surface area is 246 Å². The predicted octanol–water partition coefficient (Wildman–Crippen LogP) is 5.57. The third-order valence-corrected chi connectivity index (χ3v) is 5.74. The highest BCUT2D eigenvalue weighted by Crippen LogP contribution is 2.32. The van der Waals surface area contributed by atoms with Crippen molar-refractivity contribution in [2.75, 3.05) is 0 Å². The number of hydrogen-bond acceptors (Lipinski definition) is 5. The van der Waals surface area contributed by atoms with Crippen molar-refractivity contribution < 1.29 is 55.3 Å². The monoisotopic (exact) mass is 630 g/mol. The van der Waals surface area contributed by atoms with Crippen LogP contribution in [-0.4, -0.2) is 44.2 Å². The van der Waals surface area contributed by atoms with E-state index >= 15 is 0 Å². The van der Waals surface area contributed by atoms with E-state index in [1.165, 1.54) is 33.7 Å². The van der Waals surface area contributed by atoms with Crippen LogP contribution in [0.3, 0.4) is 0 Å². The van der Waals surface area contributed by atoms with Crippen LogP contribution in [0, 0.1) is 0 Å². The lowest BCUT2D eigenvalue weighted by atomic mass is 10.00. The van der Waals surface area contributed by atoms with Crippen LogP contribution in [0.2, 0.25) is 0 Å². The number of nitrogens with one attached hydrogen (secondary N) is 1. The Morgan fingerprint density at radius 2 is 1.68 bits per heavy atom. The van der Waals surface area contributed by atoms with Crippen molar-refractivity contribution in [3.8, 4) is 5.75 Å². The molecule has 0 saturated carbocycles. The first-order valence-corrected chi connectivity index (χ1v) is 12.8. The van der Waals surface area contributed by atoms with Crippen LogP contribution in [0.5, 0.6) is 5.75 Å². The summed E-state index contributed by atoms with van der Waals surface area (Å²) in [5.41, 5.74) is -2.41. The molecule has 16 heteroatoms. The summed E-state index contributed by atoms with van der Waals surface area (Å²) in [4.78, 5) is 40.9. The summed E-state index contributed by atoms with van der Waals surface area (Å²) in [5.74, 6) is -3.33. The Hall–Kier alpha value is -4.76. The van der Waals surface area contributed by atoms with Crippen molar-refractivity contribution in [1.29, 1.82) is 0 Å². The number of ether oxygens (including phenoxy) is 2. The van der Waals surface area contributed by atoms with Gasteiger partial charge in [-0.1, -0.05) is 12.1 Å². The zero-order valence-electron chi connectivity index (χ0n) is 23.8. The van der Waals surface area contributed by atoms with Crippen LogP contribution in [-0.2, 0) is 29.3 Å². The third kappa shape index (κ3) is 9.91. The molecule has 0 fully saturated rings. The Balaban J connectivity index is 2.01. The average molecular weight is 631 g/mol. The first-order valence-electron chi connectivity index (χ1n) is 12.8. The lowest BCUT2D eigenvalue weighted by Gasteiger charge is -2.20. The van der Waals surface area contributed by atoms with Crippen molar-refractivity contribution >= 4 is 18.0 Å². The lowest BCUT2D eigenvalue weighted by molar-refractivity contribution is -0.274. The number of halogens is 6. The van der Waals surface area contributed by atoms with Gasteiger partial charge in [0.2, 0.25) is 5.62 Å². The van der Waals surface area contributed by atoms with E-state index in [0.717, 1.165) is 24.3 Å². The Morgan fingerprint density at radius 3 is 2.27 bits per heavy atom. The first kappa shape index (κ1) is 33.7. The maximum Gasteiger partial charge on any atom is 0.573 e. The minimum atomic E-state index is -5.15. The average Bonchev–Trinajstić information content (AvgIpc) is 3.19. The fourth-order valence-electron chi connectivity index (χ4n) is 4.02. The molecule has 0 saturated heterocycles. The number of aryl methyl sites for hydroxylation is 1. The predicted molar refractivity (Wildman–Crippen MR) is 141 cm³/mol. The van der Waals surface area contributed by atoms with Crippen LogP contribution in [0.15, 0.2) is 59.9 Å². The number of carbonyl (C=O) groups excluding carboxylic acids is 2. The quantitative estimate of drug-likeness (QED) is 0.314. The normalized spacial score (nSPS) is 13.4. The second kappa shape index (κ2) is 12.9. The number of rotatable bonds is 8. The molecule has 2 amide bonds. The minimum absolute atomic E-state index is 0.0541. The second-order valence-electron chi connectivity index (χ2n) is 10.6. The van der Waals surface area contributed by atoms with Gasteiger partial charge in [0.1, 0.15) is 11.4 Å². The molecule has 2 aromatic carbocycles. The van der Waals surface area contributed by atoms with E-state index in [9.17, 15) is 45.8 Å². The van der Waals surface area contributed by atoms with E-state index in [2.05, 4.69) is 15.0 Å². The SMILES string of the molecule is Cn1ccn(Cc2cc(OC(F)(F)F)cc(C(=O)N[C@@H](CC(=O)O)c3cccc(C(F)(F)F)c3)c2)c1=NC(=O)OC(C)(C)C. The Bertz CT molecular complexity index is 1600. The zero-order valence-corrected chi connectivity index (χ0v) is 23.8. The van der Waals surface area contributed by atoms with Gasteiger partial charge in [0, 0.05) is 25.0 Å². The highest BCUT2D eigenvalue weighted by atomic mass is 19.4. The van der Waals surface area contributed by atoms with Crippen molar-refractivity contribution in [2.24, 2.45) is 12.0 Å². The summed E-state index contributed by atoms with van der Waals surface area (Å²) in [6.45, 7) is 4.68. The molecule has 44 heavy (non-hydrogen) atoms. The molecule has 0 unspecified atom stereocenters. The highest BCUT2D eigenvalue weighted by molar-refractivity contribution is 5.95. The summed E-state index contributed by atoms with van der Waals surface area (Å²) in [6, 6.07) is 5.09. The summed E-state index contributed by atoms with van der Waals surface area (Å²) in [7, 11) is 1.55. The number of carbonyl (C=O) groups is 3. The number of nitrogens with zero attached hydrogens (tertiary/aromatic N) is 3. The Morgan fingerprint density at radius 1 is 1.00 bits per heavy atom. The van der Waals surface area contributed by atoms with Crippen LogP contribution in [0.4, 0.5) is 31.1 Å². The molecule has 0 aliphatic rings. The summed E-state index contributed by atoms with van der Waals surface area (Å²) < 4.78 is 91.2. The molecule has 0 aliphatic heterocycles. The van der Waals surface area contributed by atoms with E-state index in [0.29, 0.717) is 6.07 Å². The number of aliphatic carboxylic acids is 1. The molecular weight excluding hydrogens is 602 g/mol. The van der Waals surface area contributed by atoms with Crippen LogP contribution >= 0.6 is 0 Å². The van der Waals surface area contributed by atoms with E-state index in [-0.39, 0.29) is 23.3 Å². The molecule has 3 rings (SSSR count). The van der Waals surface area contributed by atoms with Gasteiger partial charge >= 0.3 is 24.6 Å². The van der Waals surface area contributed by atoms with Gasteiger partial charge in [0.05, 0.1) is 24.6 Å². The number of aromatic nitrogens is 2. The second-order valence-corrected chi connectivity index (χ2v) is 10.6. The lowest BCUT2D eigenvalue weighted by Crippen LogP contribution is -2.31. The number of carboxylic acids is 1. The molecule has 10 nitrogen and oxygen atoms in total. The molecule has 0 spiro atoms. The zero-order chi connectivity index (χ0) is 33.0. The van der Waals surface area contributed by atoms with Gasteiger partial charge in [-0.3, -0.25) is 9.59 Å². The standard InChI is InChI=1S/C28H28F6N4O6/c1-26(2,3)44-25(42)36-24-37(4)8-9-38(24)15-16-10-18(13-20(11-16)43-28(32,33)34)23(41)35-21(14-22(39)40)17-6-5-7-19(12-17)27(29,30)31/h5-13,21H,14-15H2,1-4H3,(H,35,41)(H,39,40)/t21-/m0/s1. The summed E-state index contributed by atoms with van der Waals surface area (Å²) in [5, 5.41) is 11.6. The smallest absolute Gasteiger partial charge is 0.481 e. The van der Waals surface area contributed by atoms with Gasteiger partial charge in [0.15, 0.2) is 0 Å². The molecule has 0 aliphatic carbocycles. The number of benzene rings is 2. The van der Waals surface area contributed by atoms with Crippen molar-refractivity contribution in [3.05, 3.63) is 82.7 Å². The van der Waals surface area contributed by atoms with Crippen LogP contribution < -0.4 is 15.7 Å². The summed E-state index contributed by atoms with van der Waals surface area (Å²) in [6.07, 6.45) is -8.67. The summed E-state index contributed by atoms with van der Waals surface area (Å²) >= 11 is 0. The maximum absolute atomic E-state index is 13.3. The van der Waals surface area contributed by atoms with Gasteiger partial charge < -0.3 is 29.0 Å². The molecule has 1 atom stereocenters. The van der Waals surface area contributed by atoms with Crippen molar-refractivity contribution in [2.45, 2.75) is 57.9 Å². The highest BCUT2D eigenvalue weighted by Gasteiger charge is 2.33. The van der Waals surface area contributed by atoms with Gasteiger partial charge in [-0.25, -0.2) is 4.79 Å². The van der Waals surface area contributed by atoms with Crippen LogP contribution in [0.25, 0.3) is 0 Å². The van der Waals surface area contributed by atoms with Gasteiger partial charge in [-0.05, 0) is 62.2 Å². The Kier molecular flexibility index (Phi) is 9.85. The topological polar surface area (TPSA) is 124 Å². The van der Waals surface area contributed by atoms with E-state index < -0.39 is 65.4 Å². The van der Waals surface area contributed by atoms with E-state index in [4.69, 9.17) is 4.74 Å². The largest absolute Gasteiger partial charge is 0.573 e. The molecule has 0 radical (unpaired) electrons. The molecule has 238 valence electrons. The van der Waals surface area contributed by atoms with Crippen molar-refractivity contribution in [1.82, 2.24) is 14.5 Å². The fraction of sp³-hybridized carbons (Fsp3) is 0.357. The molecule has 1 heterocycles. The molecule has 2 N–H and O–H groups in total. The number of hydrogen-bond donors (Lipinski definition) is 2. The van der Waals surface area contributed by atoms with Crippen molar-refractivity contribution in [3.63, 3.8) is 0 Å². The number of imidazole rings is 1. The molecule has 3 aromatic rings. The van der Waals surface area contributed by atoms with Gasteiger partial charge in [-0.2, -0.15) is 13.2 Å². The number of alkyl halides is 6. The van der Waals surface area contributed by atoms with Gasteiger partial charge in [-0.15, -0.1) is 18.2 Å². The maximum atomic E-state index is 13.3. The third-order valence-electron chi connectivity index (χ3n) is 5.74.